The second-order valence-corrected chi connectivity index (χ2v) is 6.26. The molecule has 0 spiro atoms. The van der Waals surface area contributed by atoms with Crippen LogP contribution in [0.1, 0.15) is 43.6 Å². The van der Waals surface area contributed by atoms with Crippen molar-refractivity contribution in [2.45, 2.75) is 38.3 Å². The number of thiophene rings is 1. The molecule has 2 heterocycles. The summed E-state index contributed by atoms with van der Waals surface area (Å²) in [6, 6.07) is 5.14. The van der Waals surface area contributed by atoms with Gasteiger partial charge >= 0.3 is 6.03 Å². The highest BCUT2D eigenvalue weighted by Gasteiger charge is 2.16. The van der Waals surface area contributed by atoms with Crippen molar-refractivity contribution in [1.82, 2.24) is 10.6 Å². The summed E-state index contributed by atoms with van der Waals surface area (Å²) >= 11 is 1.65. The molecule has 120 valence electrons. The average molecular weight is 322 g/mol. The third kappa shape index (κ3) is 4.89. The standard InChI is InChI=1S/C16H22N2O3S/c1-11(13-5-7-22-10-13)9-17-16(20)18-12(2)8-14(19)15-4-3-6-21-15/h3-7,10-12,14,19H,8-9H2,1-2H3,(H2,17,18,20)/t11-,12-,14+/m1/s1. The largest absolute Gasteiger partial charge is 0.467 e. The summed E-state index contributed by atoms with van der Waals surface area (Å²) in [6.07, 6.45) is 1.21. The number of carbonyl (C=O) groups excluding carboxylic acids is 1. The minimum atomic E-state index is -0.713. The maximum atomic E-state index is 11.9. The minimum Gasteiger partial charge on any atom is -0.467 e. The lowest BCUT2D eigenvalue weighted by Gasteiger charge is -2.18. The zero-order chi connectivity index (χ0) is 15.9. The van der Waals surface area contributed by atoms with E-state index in [1.165, 1.54) is 11.8 Å². The molecular weight excluding hydrogens is 300 g/mol. The molecule has 0 aliphatic carbocycles. The van der Waals surface area contributed by atoms with E-state index >= 15 is 0 Å². The number of rotatable bonds is 7. The van der Waals surface area contributed by atoms with Crippen molar-refractivity contribution in [2.24, 2.45) is 0 Å². The lowest BCUT2D eigenvalue weighted by atomic mass is 10.1. The van der Waals surface area contributed by atoms with E-state index in [0.717, 1.165) is 0 Å². The Morgan fingerprint density at radius 2 is 2.23 bits per heavy atom. The Morgan fingerprint density at radius 1 is 1.41 bits per heavy atom. The molecule has 2 rings (SSSR count). The number of furan rings is 1. The van der Waals surface area contributed by atoms with E-state index < -0.39 is 6.10 Å². The fourth-order valence-corrected chi connectivity index (χ4v) is 2.97. The maximum Gasteiger partial charge on any atom is 0.315 e. The molecule has 2 aromatic rings. The van der Waals surface area contributed by atoms with Crippen molar-refractivity contribution in [3.63, 3.8) is 0 Å². The zero-order valence-electron chi connectivity index (χ0n) is 12.8. The van der Waals surface area contributed by atoms with E-state index in [2.05, 4.69) is 29.0 Å². The molecule has 2 amide bonds. The monoisotopic (exact) mass is 322 g/mol. The van der Waals surface area contributed by atoms with Gasteiger partial charge in [-0.2, -0.15) is 11.3 Å². The fraction of sp³-hybridized carbons (Fsp3) is 0.438. The summed E-state index contributed by atoms with van der Waals surface area (Å²) < 4.78 is 5.14. The number of nitrogens with one attached hydrogen (secondary N) is 2. The van der Waals surface area contributed by atoms with Crippen LogP contribution < -0.4 is 10.6 Å². The van der Waals surface area contributed by atoms with Crippen LogP contribution in [0.15, 0.2) is 39.6 Å². The van der Waals surface area contributed by atoms with E-state index in [0.29, 0.717) is 18.7 Å². The van der Waals surface area contributed by atoms with E-state index in [9.17, 15) is 9.90 Å². The molecule has 6 heteroatoms. The third-order valence-electron chi connectivity index (χ3n) is 3.51. The second-order valence-electron chi connectivity index (χ2n) is 5.48. The molecule has 0 unspecified atom stereocenters. The van der Waals surface area contributed by atoms with Gasteiger partial charge in [0.15, 0.2) is 0 Å². The molecule has 0 bridgehead atoms. The zero-order valence-corrected chi connectivity index (χ0v) is 13.6. The Hall–Kier alpha value is -1.79. The first kappa shape index (κ1) is 16.6. The van der Waals surface area contributed by atoms with Gasteiger partial charge in [0.1, 0.15) is 11.9 Å². The van der Waals surface area contributed by atoms with Crippen molar-refractivity contribution in [3.05, 3.63) is 46.5 Å². The molecule has 0 saturated heterocycles. The van der Waals surface area contributed by atoms with Crippen molar-refractivity contribution in [3.8, 4) is 0 Å². The predicted molar refractivity (Wildman–Crippen MR) is 87.0 cm³/mol. The fourth-order valence-electron chi connectivity index (χ4n) is 2.18. The Labute approximate surface area is 134 Å². The van der Waals surface area contributed by atoms with Crippen LogP contribution in [0.25, 0.3) is 0 Å². The lowest BCUT2D eigenvalue weighted by molar-refractivity contribution is 0.129. The van der Waals surface area contributed by atoms with Crippen LogP contribution in [-0.4, -0.2) is 23.7 Å². The van der Waals surface area contributed by atoms with Gasteiger partial charge in [-0.25, -0.2) is 4.79 Å². The molecule has 3 N–H and O–H groups in total. The van der Waals surface area contributed by atoms with Crippen LogP contribution in [0.2, 0.25) is 0 Å². The van der Waals surface area contributed by atoms with E-state index in [4.69, 9.17) is 4.42 Å². The maximum absolute atomic E-state index is 11.9. The molecule has 0 aliphatic rings. The van der Waals surface area contributed by atoms with Crippen molar-refractivity contribution < 1.29 is 14.3 Å². The molecule has 0 aromatic carbocycles. The van der Waals surface area contributed by atoms with Gasteiger partial charge in [-0.1, -0.05) is 6.92 Å². The number of aliphatic hydroxyl groups excluding tert-OH is 1. The molecular formula is C16H22N2O3S. The quantitative estimate of drug-likeness (QED) is 0.732. The lowest BCUT2D eigenvalue weighted by Crippen LogP contribution is -2.42. The number of hydrogen-bond acceptors (Lipinski definition) is 4. The van der Waals surface area contributed by atoms with Gasteiger partial charge in [-0.15, -0.1) is 0 Å². The normalized spacial score (nSPS) is 15.0. The molecule has 2 aromatic heterocycles. The van der Waals surface area contributed by atoms with Gasteiger partial charge in [0.2, 0.25) is 0 Å². The van der Waals surface area contributed by atoms with Gasteiger partial charge in [-0.05, 0) is 47.4 Å². The summed E-state index contributed by atoms with van der Waals surface area (Å²) in [5, 5.41) is 19.8. The van der Waals surface area contributed by atoms with Crippen molar-refractivity contribution in [1.29, 1.82) is 0 Å². The average Bonchev–Trinajstić information content (AvgIpc) is 3.16. The molecule has 0 fully saturated rings. The molecule has 5 nitrogen and oxygen atoms in total. The smallest absolute Gasteiger partial charge is 0.315 e. The summed E-state index contributed by atoms with van der Waals surface area (Å²) in [7, 11) is 0. The summed E-state index contributed by atoms with van der Waals surface area (Å²) in [5.41, 5.74) is 1.23. The Balaban J connectivity index is 1.70. The summed E-state index contributed by atoms with van der Waals surface area (Å²) in [6.45, 7) is 4.51. The molecule has 0 radical (unpaired) electrons. The van der Waals surface area contributed by atoms with Gasteiger partial charge in [0.25, 0.3) is 0 Å². The molecule has 3 atom stereocenters. The third-order valence-corrected chi connectivity index (χ3v) is 4.21. The van der Waals surface area contributed by atoms with Gasteiger partial charge in [0, 0.05) is 19.0 Å². The van der Waals surface area contributed by atoms with Crippen molar-refractivity contribution >= 4 is 17.4 Å². The summed E-state index contributed by atoms with van der Waals surface area (Å²) in [5.74, 6) is 0.793. The summed E-state index contributed by atoms with van der Waals surface area (Å²) in [4.78, 5) is 11.9. The SMILES string of the molecule is C[C@H](C[C@H](O)c1ccco1)NC(=O)NC[C@@H](C)c1ccsc1. The number of aliphatic hydroxyl groups is 1. The van der Waals surface area contributed by atoms with Gasteiger partial charge in [-0.3, -0.25) is 0 Å². The van der Waals surface area contributed by atoms with E-state index in [1.807, 2.05) is 12.3 Å². The van der Waals surface area contributed by atoms with Crippen LogP contribution in [0.5, 0.6) is 0 Å². The Bertz CT molecular complexity index is 554. The Kier molecular flexibility index (Phi) is 6.03. The number of urea groups is 1. The van der Waals surface area contributed by atoms with Crippen LogP contribution in [-0.2, 0) is 0 Å². The number of hydrogen-bond donors (Lipinski definition) is 3. The molecule has 0 saturated carbocycles. The number of amides is 2. The van der Waals surface area contributed by atoms with Gasteiger partial charge in [0.05, 0.1) is 6.26 Å². The highest BCUT2D eigenvalue weighted by atomic mass is 32.1. The first-order valence-electron chi connectivity index (χ1n) is 7.34. The Morgan fingerprint density at radius 3 is 2.86 bits per heavy atom. The van der Waals surface area contributed by atoms with Gasteiger partial charge < -0.3 is 20.2 Å². The highest BCUT2D eigenvalue weighted by Crippen LogP contribution is 2.19. The molecule has 22 heavy (non-hydrogen) atoms. The van der Waals surface area contributed by atoms with Crippen LogP contribution in [0.3, 0.4) is 0 Å². The second kappa shape index (κ2) is 8.00. The topological polar surface area (TPSA) is 74.5 Å². The highest BCUT2D eigenvalue weighted by molar-refractivity contribution is 7.07. The van der Waals surface area contributed by atoms with E-state index in [-0.39, 0.29) is 18.0 Å². The molecule has 0 aliphatic heterocycles. The van der Waals surface area contributed by atoms with Crippen LogP contribution in [0, 0.1) is 0 Å². The van der Waals surface area contributed by atoms with Crippen LogP contribution in [0.4, 0.5) is 4.79 Å². The number of carbonyl (C=O) groups is 1. The minimum absolute atomic E-state index is 0.156. The van der Waals surface area contributed by atoms with Crippen molar-refractivity contribution in [2.75, 3.05) is 6.54 Å². The van der Waals surface area contributed by atoms with E-state index in [1.54, 1.807) is 23.5 Å². The first-order valence-corrected chi connectivity index (χ1v) is 8.28. The predicted octanol–water partition coefficient (Wildman–Crippen LogP) is 3.26. The van der Waals surface area contributed by atoms with Crippen LogP contribution >= 0.6 is 11.3 Å². The first-order chi connectivity index (χ1) is 10.6.